The molecule has 0 aliphatic rings. The zero-order valence-electron chi connectivity index (χ0n) is 12.3. The zero-order chi connectivity index (χ0) is 14.4. The number of benzene rings is 1. The topological polar surface area (TPSA) is 40.5 Å². The minimum absolute atomic E-state index is 0.448. The van der Waals surface area contributed by atoms with Crippen molar-refractivity contribution in [3.8, 4) is 0 Å². The highest BCUT2D eigenvalue weighted by Gasteiger charge is 2.28. The van der Waals surface area contributed by atoms with E-state index in [2.05, 4.69) is 32.6 Å². The molecule has 0 heterocycles. The molecule has 1 aromatic rings. The lowest BCUT2D eigenvalue weighted by Gasteiger charge is -2.32. The number of carboxylic acid groups (broad SMARTS) is 1. The van der Waals surface area contributed by atoms with Crippen LogP contribution in [-0.2, 0) is 4.79 Å². The van der Waals surface area contributed by atoms with Crippen molar-refractivity contribution in [3.63, 3.8) is 0 Å². The van der Waals surface area contributed by atoms with Gasteiger partial charge in [-0.2, -0.15) is 0 Å². The second-order valence-corrected chi connectivity index (χ2v) is 5.89. The van der Waals surface area contributed by atoms with Crippen molar-refractivity contribution in [2.75, 3.05) is 13.1 Å². The molecule has 0 aliphatic heterocycles. The molecule has 1 rings (SSSR count). The summed E-state index contributed by atoms with van der Waals surface area (Å²) in [5.74, 6) is 0.126. The van der Waals surface area contributed by atoms with Crippen LogP contribution in [0.5, 0.6) is 0 Å². The maximum absolute atomic E-state index is 11.7. The van der Waals surface area contributed by atoms with Gasteiger partial charge in [-0.15, -0.1) is 0 Å². The van der Waals surface area contributed by atoms with Crippen LogP contribution in [0.4, 0.5) is 0 Å². The van der Waals surface area contributed by atoms with Gasteiger partial charge in [0.05, 0.1) is 0 Å². The number of carboxylic acids is 1. The minimum Gasteiger partial charge on any atom is -0.480 e. The van der Waals surface area contributed by atoms with Gasteiger partial charge in [-0.05, 0) is 17.4 Å². The maximum atomic E-state index is 11.7. The molecule has 0 radical (unpaired) electrons. The van der Waals surface area contributed by atoms with Crippen LogP contribution in [0.15, 0.2) is 30.3 Å². The van der Waals surface area contributed by atoms with Gasteiger partial charge in [0.1, 0.15) is 6.04 Å². The zero-order valence-corrected chi connectivity index (χ0v) is 12.3. The molecule has 0 spiro atoms. The van der Waals surface area contributed by atoms with E-state index in [0.29, 0.717) is 11.8 Å². The Balaban J connectivity index is 3.01. The van der Waals surface area contributed by atoms with Crippen LogP contribution in [0.2, 0.25) is 0 Å². The summed E-state index contributed by atoms with van der Waals surface area (Å²) in [5.41, 5.74) is 0.858. The number of rotatable bonds is 7. The molecule has 1 aromatic carbocycles. The molecular formula is C16H25NO2. The third-order valence-corrected chi connectivity index (χ3v) is 2.91. The molecule has 19 heavy (non-hydrogen) atoms. The average molecular weight is 263 g/mol. The molecule has 0 bridgehead atoms. The highest BCUT2D eigenvalue weighted by Crippen LogP contribution is 2.23. The van der Waals surface area contributed by atoms with E-state index >= 15 is 0 Å². The molecule has 0 amide bonds. The second-order valence-electron chi connectivity index (χ2n) is 5.89. The highest BCUT2D eigenvalue weighted by molar-refractivity contribution is 5.75. The fourth-order valence-electron chi connectivity index (χ4n) is 2.37. The van der Waals surface area contributed by atoms with Crippen molar-refractivity contribution in [1.82, 2.24) is 4.90 Å². The lowest BCUT2D eigenvalue weighted by Crippen LogP contribution is -2.39. The Morgan fingerprint density at radius 1 is 1.05 bits per heavy atom. The molecule has 0 saturated carbocycles. The molecule has 106 valence electrons. The normalized spacial score (nSPS) is 13.2. The number of nitrogens with zero attached hydrogens (tertiary/aromatic N) is 1. The van der Waals surface area contributed by atoms with Gasteiger partial charge in [-0.3, -0.25) is 9.69 Å². The van der Waals surface area contributed by atoms with E-state index in [1.165, 1.54) is 0 Å². The monoisotopic (exact) mass is 263 g/mol. The second kappa shape index (κ2) is 7.29. The van der Waals surface area contributed by atoms with Crippen molar-refractivity contribution in [2.24, 2.45) is 11.8 Å². The summed E-state index contributed by atoms with van der Waals surface area (Å²) in [5, 5.41) is 9.58. The molecular weight excluding hydrogens is 238 g/mol. The van der Waals surface area contributed by atoms with Crippen LogP contribution >= 0.6 is 0 Å². The first-order valence-electron chi connectivity index (χ1n) is 6.93. The summed E-state index contributed by atoms with van der Waals surface area (Å²) in [7, 11) is 0. The molecule has 3 heteroatoms. The predicted octanol–water partition coefficient (Wildman–Crippen LogP) is 3.43. The summed E-state index contributed by atoms with van der Waals surface area (Å²) >= 11 is 0. The van der Waals surface area contributed by atoms with Crippen LogP contribution in [0.3, 0.4) is 0 Å². The average Bonchev–Trinajstić information content (AvgIpc) is 2.28. The first-order valence-corrected chi connectivity index (χ1v) is 6.93. The van der Waals surface area contributed by atoms with Crippen molar-refractivity contribution in [3.05, 3.63) is 35.9 Å². The molecule has 0 aromatic heterocycles. The largest absolute Gasteiger partial charge is 0.480 e. The first-order chi connectivity index (χ1) is 8.91. The van der Waals surface area contributed by atoms with Gasteiger partial charge in [0.15, 0.2) is 0 Å². The van der Waals surface area contributed by atoms with E-state index in [1.54, 1.807) is 0 Å². The Hall–Kier alpha value is -1.35. The van der Waals surface area contributed by atoms with Gasteiger partial charge < -0.3 is 5.11 Å². The number of hydrogen-bond acceptors (Lipinski definition) is 2. The van der Waals surface area contributed by atoms with Crippen LogP contribution < -0.4 is 0 Å². The number of carbonyl (C=O) groups is 1. The smallest absolute Gasteiger partial charge is 0.325 e. The standard InChI is InChI=1S/C16H25NO2/c1-12(2)10-17(11-13(3)4)15(16(18)19)14-8-6-5-7-9-14/h5-9,12-13,15H,10-11H2,1-4H3,(H,18,19)/t15-/m0/s1. The fourth-order valence-corrected chi connectivity index (χ4v) is 2.37. The van der Waals surface area contributed by atoms with Crippen LogP contribution in [-0.4, -0.2) is 29.1 Å². The van der Waals surface area contributed by atoms with Gasteiger partial charge in [-0.25, -0.2) is 0 Å². The summed E-state index contributed by atoms with van der Waals surface area (Å²) < 4.78 is 0. The van der Waals surface area contributed by atoms with E-state index < -0.39 is 12.0 Å². The lowest BCUT2D eigenvalue weighted by molar-refractivity contribution is -0.144. The molecule has 1 atom stereocenters. The van der Waals surface area contributed by atoms with E-state index in [0.717, 1.165) is 18.7 Å². The molecule has 0 aliphatic carbocycles. The Kier molecular flexibility index (Phi) is 6.03. The molecule has 3 nitrogen and oxygen atoms in total. The van der Waals surface area contributed by atoms with E-state index in [1.807, 2.05) is 30.3 Å². The number of hydrogen-bond donors (Lipinski definition) is 1. The molecule has 1 N–H and O–H groups in total. The summed E-state index contributed by atoms with van der Waals surface area (Å²) in [4.78, 5) is 13.7. The summed E-state index contributed by atoms with van der Waals surface area (Å²) in [6.07, 6.45) is 0. The van der Waals surface area contributed by atoms with E-state index in [4.69, 9.17) is 0 Å². The van der Waals surface area contributed by atoms with E-state index in [-0.39, 0.29) is 0 Å². The SMILES string of the molecule is CC(C)CN(CC(C)C)[C@H](C(=O)O)c1ccccc1. The van der Waals surface area contributed by atoms with Gasteiger partial charge in [0.2, 0.25) is 0 Å². The van der Waals surface area contributed by atoms with Crippen LogP contribution in [0.25, 0.3) is 0 Å². The Labute approximate surface area is 116 Å². The summed E-state index contributed by atoms with van der Waals surface area (Å²) in [6, 6.07) is 8.95. The van der Waals surface area contributed by atoms with Crippen LogP contribution in [0, 0.1) is 11.8 Å². The van der Waals surface area contributed by atoms with Crippen molar-refractivity contribution in [2.45, 2.75) is 33.7 Å². The molecule has 0 unspecified atom stereocenters. The maximum Gasteiger partial charge on any atom is 0.325 e. The van der Waals surface area contributed by atoms with Gasteiger partial charge in [-0.1, -0.05) is 58.0 Å². The fraction of sp³-hybridized carbons (Fsp3) is 0.562. The Bertz CT molecular complexity index is 377. The van der Waals surface area contributed by atoms with Gasteiger partial charge >= 0.3 is 5.97 Å². The summed E-state index contributed by atoms with van der Waals surface area (Å²) in [6.45, 7) is 10.1. The van der Waals surface area contributed by atoms with Crippen molar-refractivity contribution < 1.29 is 9.90 Å². The quantitative estimate of drug-likeness (QED) is 0.819. The lowest BCUT2D eigenvalue weighted by atomic mass is 10.0. The number of aliphatic carboxylic acids is 1. The third-order valence-electron chi connectivity index (χ3n) is 2.91. The first kappa shape index (κ1) is 15.7. The van der Waals surface area contributed by atoms with Crippen molar-refractivity contribution >= 4 is 5.97 Å². The Morgan fingerprint density at radius 2 is 1.53 bits per heavy atom. The van der Waals surface area contributed by atoms with Gasteiger partial charge in [0.25, 0.3) is 0 Å². The van der Waals surface area contributed by atoms with E-state index in [9.17, 15) is 9.90 Å². The minimum atomic E-state index is -0.771. The van der Waals surface area contributed by atoms with Gasteiger partial charge in [0, 0.05) is 13.1 Å². The highest BCUT2D eigenvalue weighted by atomic mass is 16.4. The van der Waals surface area contributed by atoms with Crippen molar-refractivity contribution in [1.29, 1.82) is 0 Å². The predicted molar refractivity (Wildman–Crippen MR) is 78.1 cm³/mol. The Morgan fingerprint density at radius 3 is 1.89 bits per heavy atom. The van der Waals surface area contributed by atoms with Crippen LogP contribution in [0.1, 0.15) is 39.3 Å². The molecule has 0 fully saturated rings. The third kappa shape index (κ3) is 5.03. The molecule has 0 saturated heterocycles.